The van der Waals surface area contributed by atoms with Gasteiger partial charge in [-0.25, -0.2) is 0 Å². The Labute approximate surface area is 120 Å². The van der Waals surface area contributed by atoms with Gasteiger partial charge in [0.25, 0.3) is 0 Å². The van der Waals surface area contributed by atoms with Gasteiger partial charge in [-0.2, -0.15) is 0 Å². The number of hydrogen-bond acceptors (Lipinski definition) is 4. The fourth-order valence-electron chi connectivity index (χ4n) is 2.22. The van der Waals surface area contributed by atoms with Crippen LogP contribution in [0.2, 0.25) is 0 Å². The van der Waals surface area contributed by atoms with Gasteiger partial charge in [-0.05, 0) is 26.3 Å². The van der Waals surface area contributed by atoms with E-state index in [0.717, 1.165) is 5.56 Å². The SMILES string of the molecule is CC(C)(C)NC1COC(COCc2ccccc2)C1=O. The first-order valence-electron chi connectivity index (χ1n) is 7.00. The summed E-state index contributed by atoms with van der Waals surface area (Å²) in [5.41, 5.74) is 1.01. The zero-order valence-corrected chi connectivity index (χ0v) is 12.4. The lowest BCUT2D eigenvalue weighted by Gasteiger charge is -2.24. The number of ether oxygens (including phenoxy) is 2. The Morgan fingerprint density at radius 3 is 2.65 bits per heavy atom. The summed E-state index contributed by atoms with van der Waals surface area (Å²) in [4.78, 5) is 12.2. The molecule has 1 saturated heterocycles. The lowest BCUT2D eigenvalue weighted by Crippen LogP contribution is -2.48. The Hall–Kier alpha value is -1.23. The van der Waals surface area contributed by atoms with Crippen LogP contribution in [0.3, 0.4) is 0 Å². The van der Waals surface area contributed by atoms with Crippen molar-refractivity contribution in [2.24, 2.45) is 0 Å². The standard InChI is InChI=1S/C16H23NO3/c1-16(2,3)17-13-10-20-14(15(13)18)11-19-9-12-7-5-4-6-8-12/h4-8,13-14,17H,9-11H2,1-3H3. The topological polar surface area (TPSA) is 47.6 Å². The molecule has 2 atom stereocenters. The molecule has 0 aromatic heterocycles. The molecule has 1 aromatic rings. The monoisotopic (exact) mass is 277 g/mol. The zero-order valence-electron chi connectivity index (χ0n) is 12.4. The fourth-order valence-corrected chi connectivity index (χ4v) is 2.22. The number of nitrogens with one attached hydrogen (secondary N) is 1. The molecular weight excluding hydrogens is 254 g/mol. The van der Waals surface area contributed by atoms with E-state index >= 15 is 0 Å². The maximum Gasteiger partial charge on any atom is 0.183 e. The summed E-state index contributed by atoms with van der Waals surface area (Å²) in [5, 5.41) is 3.28. The van der Waals surface area contributed by atoms with Crippen molar-refractivity contribution in [3.63, 3.8) is 0 Å². The molecule has 2 unspecified atom stereocenters. The summed E-state index contributed by atoms with van der Waals surface area (Å²) in [5.74, 6) is 0.0907. The minimum absolute atomic E-state index is 0.0907. The van der Waals surface area contributed by atoms with Gasteiger partial charge in [-0.15, -0.1) is 0 Å². The van der Waals surface area contributed by atoms with Crippen LogP contribution in [-0.4, -0.2) is 36.7 Å². The highest BCUT2D eigenvalue weighted by Crippen LogP contribution is 2.14. The Kier molecular flexibility index (Phi) is 4.91. The van der Waals surface area contributed by atoms with Gasteiger partial charge < -0.3 is 14.8 Å². The Balaban J connectivity index is 1.76. The lowest BCUT2D eigenvalue weighted by molar-refractivity contribution is -0.126. The van der Waals surface area contributed by atoms with Crippen molar-refractivity contribution in [1.82, 2.24) is 5.32 Å². The molecule has 1 fully saturated rings. The maximum absolute atomic E-state index is 12.2. The third kappa shape index (κ3) is 4.40. The van der Waals surface area contributed by atoms with Crippen molar-refractivity contribution in [3.05, 3.63) is 35.9 Å². The quantitative estimate of drug-likeness (QED) is 0.893. The van der Waals surface area contributed by atoms with Gasteiger partial charge in [0.15, 0.2) is 5.78 Å². The van der Waals surface area contributed by atoms with Gasteiger partial charge in [0.1, 0.15) is 6.10 Å². The van der Waals surface area contributed by atoms with Crippen LogP contribution in [0.5, 0.6) is 0 Å². The molecule has 0 spiro atoms. The number of Topliss-reactive ketones (excluding diaryl/α,β-unsaturated/α-hetero) is 1. The van der Waals surface area contributed by atoms with Crippen LogP contribution < -0.4 is 5.32 Å². The van der Waals surface area contributed by atoms with Gasteiger partial charge in [0.05, 0.1) is 25.9 Å². The van der Waals surface area contributed by atoms with Gasteiger partial charge in [0, 0.05) is 5.54 Å². The Morgan fingerprint density at radius 2 is 2.00 bits per heavy atom. The second kappa shape index (κ2) is 6.48. The van der Waals surface area contributed by atoms with Crippen LogP contribution in [-0.2, 0) is 20.9 Å². The number of carbonyl (C=O) groups is 1. The molecule has 4 nitrogen and oxygen atoms in total. The Bertz CT molecular complexity index is 439. The van der Waals surface area contributed by atoms with Crippen LogP contribution >= 0.6 is 0 Å². The van der Waals surface area contributed by atoms with Crippen molar-refractivity contribution in [1.29, 1.82) is 0 Å². The first kappa shape index (κ1) is 15.2. The molecule has 4 heteroatoms. The molecule has 1 aromatic carbocycles. The summed E-state index contributed by atoms with van der Waals surface area (Å²) in [6.45, 7) is 7.37. The van der Waals surface area contributed by atoms with Crippen LogP contribution in [0.1, 0.15) is 26.3 Å². The predicted molar refractivity (Wildman–Crippen MR) is 77.5 cm³/mol. The van der Waals surface area contributed by atoms with E-state index in [9.17, 15) is 4.79 Å². The molecule has 1 aliphatic rings. The van der Waals surface area contributed by atoms with E-state index in [1.165, 1.54) is 0 Å². The smallest absolute Gasteiger partial charge is 0.183 e. The number of ketones is 1. The highest BCUT2D eigenvalue weighted by molar-refractivity contribution is 5.90. The minimum Gasteiger partial charge on any atom is -0.374 e. The van der Waals surface area contributed by atoms with Gasteiger partial charge in [-0.3, -0.25) is 4.79 Å². The first-order valence-corrected chi connectivity index (χ1v) is 7.00. The average Bonchev–Trinajstić information content (AvgIpc) is 2.71. The predicted octanol–water partition coefficient (Wildman–Crippen LogP) is 1.93. The number of carbonyl (C=O) groups excluding carboxylic acids is 1. The van der Waals surface area contributed by atoms with Gasteiger partial charge in [0.2, 0.25) is 0 Å². The van der Waals surface area contributed by atoms with Crippen LogP contribution in [0.15, 0.2) is 30.3 Å². The fraction of sp³-hybridized carbons (Fsp3) is 0.562. The minimum atomic E-state index is -0.446. The van der Waals surface area contributed by atoms with E-state index in [4.69, 9.17) is 9.47 Å². The van der Waals surface area contributed by atoms with Crippen molar-refractivity contribution < 1.29 is 14.3 Å². The summed E-state index contributed by atoms with van der Waals surface area (Å²) in [7, 11) is 0. The zero-order chi connectivity index (χ0) is 14.6. The Morgan fingerprint density at radius 1 is 1.30 bits per heavy atom. The van der Waals surface area contributed by atoms with E-state index in [1.54, 1.807) is 0 Å². The molecule has 2 rings (SSSR count). The molecule has 20 heavy (non-hydrogen) atoms. The molecule has 1 N–H and O–H groups in total. The molecule has 1 heterocycles. The van der Waals surface area contributed by atoms with Crippen LogP contribution in [0.4, 0.5) is 0 Å². The average molecular weight is 277 g/mol. The van der Waals surface area contributed by atoms with Gasteiger partial charge >= 0.3 is 0 Å². The first-order chi connectivity index (χ1) is 9.46. The van der Waals surface area contributed by atoms with E-state index in [2.05, 4.69) is 5.32 Å². The van der Waals surface area contributed by atoms with Crippen LogP contribution in [0, 0.1) is 0 Å². The largest absolute Gasteiger partial charge is 0.374 e. The van der Waals surface area contributed by atoms with E-state index in [-0.39, 0.29) is 17.4 Å². The molecular formula is C16H23NO3. The molecule has 110 valence electrons. The molecule has 1 aliphatic heterocycles. The normalized spacial score (nSPS) is 23.2. The summed E-state index contributed by atoms with van der Waals surface area (Å²) in [6, 6.07) is 9.69. The van der Waals surface area contributed by atoms with E-state index in [1.807, 2.05) is 51.1 Å². The third-order valence-corrected chi connectivity index (χ3v) is 3.11. The second-order valence-corrected chi connectivity index (χ2v) is 6.17. The van der Waals surface area contributed by atoms with Crippen molar-refractivity contribution in [3.8, 4) is 0 Å². The highest BCUT2D eigenvalue weighted by atomic mass is 16.5. The summed E-state index contributed by atoms with van der Waals surface area (Å²) >= 11 is 0. The number of hydrogen-bond donors (Lipinski definition) is 1. The molecule has 0 bridgehead atoms. The highest BCUT2D eigenvalue weighted by Gasteiger charge is 2.36. The molecule has 0 radical (unpaired) electrons. The van der Waals surface area contributed by atoms with Crippen molar-refractivity contribution in [2.45, 2.75) is 45.1 Å². The van der Waals surface area contributed by atoms with Crippen LogP contribution in [0.25, 0.3) is 0 Å². The lowest BCUT2D eigenvalue weighted by atomic mass is 10.0. The maximum atomic E-state index is 12.2. The van der Waals surface area contributed by atoms with Crippen molar-refractivity contribution in [2.75, 3.05) is 13.2 Å². The second-order valence-electron chi connectivity index (χ2n) is 6.17. The van der Waals surface area contributed by atoms with E-state index < -0.39 is 6.10 Å². The molecule has 0 saturated carbocycles. The van der Waals surface area contributed by atoms with Gasteiger partial charge in [-0.1, -0.05) is 30.3 Å². The van der Waals surface area contributed by atoms with E-state index in [0.29, 0.717) is 19.8 Å². The molecule has 0 aliphatic carbocycles. The molecule has 0 amide bonds. The van der Waals surface area contributed by atoms with Crippen molar-refractivity contribution >= 4 is 5.78 Å². The number of benzene rings is 1. The number of rotatable bonds is 5. The third-order valence-electron chi connectivity index (χ3n) is 3.11. The summed E-state index contributed by atoms with van der Waals surface area (Å²) in [6.07, 6.45) is -0.446. The summed E-state index contributed by atoms with van der Waals surface area (Å²) < 4.78 is 11.1.